The fourth-order valence-corrected chi connectivity index (χ4v) is 3.88. The molecule has 1 aromatic rings. The molecule has 3 heterocycles. The summed E-state index contributed by atoms with van der Waals surface area (Å²) >= 11 is 0. The van der Waals surface area contributed by atoms with Gasteiger partial charge in [-0.2, -0.15) is 0 Å². The number of hydrogen-bond donors (Lipinski definition) is 1. The summed E-state index contributed by atoms with van der Waals surface area (Å²) in [5, 5.41) is 14.6. The zero-order chi connectivity index (χ0) is 18.3. The molecule has 26 heavy (non-hydrogen) atoms. The van der Waals surface area contributed by atoms with Crippen LogP contribution >= 0.6 is 0 Å². The van der Waals surface area contributed by atoms with Gasteiger partial charge in [0.2, 0.25) is 5.91 Å². The Hall–Kier alpha value is -2.68. The molecule has 1 aromatic carbocycles. The molecule has 0 aromatic heterocycles. The Bertz CT molecular complexity index is 768. The normalized spacial score (nSPS) is 24.7. The number of rotatable bonds is 3. The monoisotopic (exact) mass is 360 g/mol. The maximum absolute atomic E-state index is 12.8. The lowest BCUT2D eigenvalue weighted by Crippen LogP contribution is -2.48. The third-order valence-electron chi connectivity index (χ3n) is 5.27. The molecule has 1 N–H and O–H groups in total. The molecule has 9 nitrogen and oxygen atoms in total. The van der Waals surface area contributed by atoms with Gasteiger partial charge in [-0.1, -0.05) is 0 Å². The van der Waals surface area contributed by atoms with Crippen molar-refractivity contribution in [3.8, 4) is 5.75 Å². The lowest BCUT2D eigenvalue weighted by Gasteiger charge is -2.31. The van der Waals surface area contributed by atoms with E-state index in [9.17, 15) is 19.7 Å². The van der Waals surface area contributed by atoms with Gasteiger partial charge in [0, 0.05) is 37.3 Å². The molecule has 4 rings (SSSR count). The number of carbonyl (C=O) groups excluding carboxylic acids is 2. The Morgan fingerprint density at radius 3 is 2.92 bits per heavy atom. The number of nitrogens with zero attached hydrogens (tertiary/aromatic N) is 3. The predicted octanol–water partition coefficient (Wildman–Crippen LogP) is 0.673. The Balaban J connectivity index is 1.54. The first kappa shape index (κ1) is 16.8. The molecule has 3 aliphatic rings. The molecule has 138 valence electrons. The van der Waals surface area contributed by atoms with Crippen molar-refractivity contribution in [1.82, 2.24) is 10.2 Å². The van der Waals surface area contributed by atoms with Crippen LogP contribution in [-0.4, -0.2) is 60.0 Å². The first-order valence-electron chi connectivity index (χ1n) is 8.76. The van der Waals surface area contributed by atoms with Crippen molar-refractivity contribution in [3.63, 3.8) is 0 Å². The minimum absolute atomic E-state index is 0.131. The third kappa shape index (κ3) is 3.10. The van der Waals surface area contributed by atoms with Gasteiger partial charge in [0.25, 0.3) is 11.6 Å². The first-order chi connectivity index (χ1) is 12.5. The first-order valence-corrected chi connectivity index (χ1v) is 8.76. The summed E-state index contributed by atoms with van der Waals surface area (Å²) in [6, 6.07) is 4.84. The second kappa shape index (κ2) is 6.56. The highest BCUT2D eigenvalue weighted by molar-refractivity contribution is 6.02. The van der Waals surface area contributed by atoms with E-state index in [0.29, 0.717) is 30.9 Å². The Morgan fingerprint density at radius 1 is 1.31 bits per heavy atom. The van der Waals surface area contributed by atoms with E-state index < -0.39 is 4.92 Å². The van der Waals surface area contributed by atoms with Crippen molar-refractivity contribution >= 4 is 23.2 Å². The smallest absolute Gasteiger partial charge is 0.271 e. The van der Waals surface area contributed by atoms with Gasteiger partial charge in [-0.05, 0) is 25.3 Å². The van der Waals surface area contributed by atoms with Gasteiger partial charge in [-0.15, -0.1) is 0 Å². The number of ether oxygens (including phenoxy) is 1. The van der Waals surface area contributed by atoms with Crippen LogP contribution in [0.15, 0.2) is 18.2 Å². The molecule has 2 saturated heterocycles. The van der Waals surface area contributed by atoms with Gasteiger partial charge in [-0.25, -0.2) is 0 Å². The molecular formula is C17H20N4O5. The van der Waals surface area contributed by atoms with E-state index in [1.165, 1.54) is 23.1 Å². The number of non-ortho nitro benzene ring substituents is 1. The van der Waals surface area contributed by atoms with E-state index >= 15 is 0 Å². The van der Waals surface area contributed by atoms with E-state index in [-0.39, 0.29) is 36.3 Å². The maximum atomic E-state index is 12.8. The minimum Gasteiger partial charge on any atom is -0.482 e. The van der Waals surface area contributed by atoms with Crippen molar-refractivity contribution in [2.45, 2.75) is 31.3 Å². The maximum Gasteiger partial charge on any atom is 0.271 e. The molecule has 2 atom stereocenters. The summed E-state index contributed by atoms with van der Waals surface area (Å²) in [4.78, 5) is 38.7. The van der Waals surface area contributed by atoms with Crippen molar-refractivity contribution < 1.29 is 19.2 Å². The number of nitrogens with one attached hydrogen (secondary N) is 1. The quantitative estimate of drug-likeness (QED) is 0.628. The third-order valence-corrected chi connectivity index (χ3v) is 5.27. The number of nitro benzene ring substituents is 1. The second-order valence-electron chi connectivity index (χ2n) is 6.94. The number of amides is 2. The van der Waals surface area contributed by atoms with Crippen LogP contribution in [0.25, 0.3) is 0 Å². The summed E-state index contributed by atoms with van der Waals surface area (Å²) < 4.78 is 5.34. The highest BCUT2D eigenvalue weighted by atomic mass is 16.6. The number of benzene rings is 1. The van der Waals surface area contributed by atoms with Gasteiger partial charge >= 0.3 is 0 Å². The van der Waals surface area contributed by atoms with E-state index in [1.54, 1.807) is 4.90 Å². The van der Waals surface area contributed by atoms with Crippen LogP contribution in [-0.2, 0) is 9.59 Å². The molecule has 2 unspecified atom stereocenters. The minimum atomic E-state index is -0.531. The van der Waals surface area contributed by atoms with Gasteiger partial charge in [0.05, 0.1) is 10.6 Å². The van der Waals surface area contributed by atoms with Crippen LogP contribution in [0, 0.1) is 10.1 Å². The Morgan fingerprint density at radius 2 is 2.12 bits per heavy atom. The zero-order valence-electron chi connectivity index (χ0n) is 14.2. The molecule has 0 spiro atoms. The summed E-state index contributed by atoms with van der Waals surface area (Å²) in [6.45, 7) is 0.987. The van der Waals surface area contributed by atoms with Crippen LogP contribution < -0.4 is 15.0 Å². The zero-order valence-corrected chi connectivity index (χ0v) is 14.2. The molecule has 2 amide bonds. The van der Waals surface area contributed by atoms with Gasteiger partial charge < -0.3 is 15.0 Å². The average molecular weight is 360 g/mol. The Kier molecular flexibility index (Phi) is 4.23. The SMILES string of the molecule is O=C(CN1C(=O)COc2ccc([N+](=O)[O-])cc21)N1CCC2CCC(C1)N2. The topological polar surface area (TPSA) is 105 Å². The molecule has 2 bridgehead atoms. The number of fused-ring (bicyclic) bond motifs is 3. The predicted molar refractivity (Wildman–Crippen MR) is 92.1 cm³/mol. The molecule has 0 aliphatic carbocycles. The van der Waals surface area contributed by atoms with Crippen molar-refractivity contribution in [2.75, 3.05) is 31.1 Å². The fourth-order valence-electron chi connectivity index (χ4n) is 3.88. The lowest BCUT2D eigenvalue weighted by atomic mass is 10.1. The molecule has 0 radical (unpaired) electrons. The second-order valence-corrected chi connectivity index (χ2v) is 6.94. The molecule has 3 aliphatic heterocycles. The fraction of sp³-hybridized carbons (Fsp3) is 0.529. The van der Waals surface area contributed by atoms with Crippen LogP contribution in [0.4, 0.5) is 11.4 Å². The van der Waals surface area contributed by atoms with E-state index in [4.69, 9.17) is 4.74 Å². The molecule has 9 heteroatoms. The highest BCUT2D eigenvalue weighted by Gasteiger charge is 2.34. The van der Waals surface area contributed by atoms with E-state index in [1.807, 2.05) is 0 Å². The number of carbonyl (C=O) groups is 2. The lowest BCUT2D eigenvalue weighted by molar-refractivity contribution is -0.384. The summed E-state index contributed by atoms with van der Waals surface area (Å²) in [5.74, 6) is -0.146. The van der Waals surface area contributed by atoms with Crippen LogP contribution in [0.3, 0.4) is 0 Å². The van der Waals surface area contributed by atoms with Crippen molar-refractivity contribution in [3.05, 3.63) is 28.3 Å². The summed E-state index contributed by atoms with van der Waals surface area (Å²) in [7, 11) is 0. The number of hydrogen-bond acceptors (Lipinski definition) is 6. The largest absolute Gasteiger partial charge is 0.482 e. The molecular weight excluding hydrogens is 340 g/mol. The summed E-state index contributed by atoms with van der Waals surface area (Å²) in [5.41, 5.74) is 0.133. The highest BCUT2D eigenvalue weighted by Crippen LogP contribution is 2.35. The standard InChI is InChI=1S/C17H20N4O5/c22-16(19-6-5-11-1-2-12(8-19)18-11)9-20-14-7-13(21(24)25)3-4-15(14)26-10-17(20)23/h3-4,7,11-12,18H,1-2,5-6,8-10H2. The van der Waals surface area contributed by atoms with Gasteiger partial charge in [0.1, 0.15) is 12.3 Å². The number of nitro groups is 1. The van der Waals surface area contributed by atoms with Gasteiger partial charge in [-0.3, -0.25) is 24.6 Å². The van der Waals surface area contributed by atoms with Crippen LogP contribution in [0.1, 0.15) is 19.3 Å². The van der Waals surface area contributed by atoms with Crippen molar-refractivity contribution in [1.29, 1.82) is 0 Å². The Labute approximate surface area is 150 Å². The van der Waals surface area contributed by atoms with E-state index in [0.717, 1.165) is 19.3 Å². The number of anilines is 1. The van der Waals surface area contributed by atoms with Gasteiger partial charge in [0.15, 0.2) is 6.61 Å². The summed E-state index contributed by atoms with van der Waals surface area (Å²) in [6.07, 6.45) is 3.10. The van der Waals surface area contributed by atoms with Crippen LogP contribution in [0.2, 0.25) is 0 Å². The average Bonchev–Trinajstić information content (AvgIpc) is 2.95. The number of likely N-dealkylation sites (tertiary alicyclic amines) is 1. The molecule has 0 saturated carbocycles. The van der Waals surface area contributed by atoms with E-state index in [2.05, 4.69) is 5.32 Å². The van der Waals surface area contributed by atoms with Crippen molar-refractivity contribution in [2.24, 2.45) is 0 Å². The van der Waals surface area contributed by atoms with Crippen LogP contribution in [0.5, 0.6) is 5.75 Å². The molecule has 2 fully saturated rings.